The Bertz CT molecular complexity index is 844. The second-order valence-corrected chi connectivity index (χ2v) is 8.02. The molecule has 3 rings (SSSR count). The van der Waals surface area contributed by atoms with Crippen LogP contribution in [0.15, 0.2) is 42.0 Å². The van der Waals surface area contributed by atoms with Crippen molar-refractivity contribution < 1.29 is 23.9 Å². The Morgan fingerprint density at radius 2 is 2.03 bits per heavy atom. The fraction of sp³-hybridized carbons (Fsp3) is 0.429. The predicted molar refractivity (Wildman–Crippen MR) is 111 cm³/mol. The van der Waals surface area contributed by atoms with Crippen molar-refractivity contribution in [3.05, 3.63) is 52.5 Å². The van der Waals surface area contributed by atoms with E-state index >= 15 is 0 Å². The second kappa shape index (κ2) is 10.8. The number of pyridine rings is 1. The minimum Gasteiger partial charge on any atom is -0.469 e. The molecule has 30 heavy (non-hydrogen) atoms. The van der Waals surface area contributed by atoms with Crippen LogP contribution in [0.5, 0.6) is 0 Å². The van der Waals surface area contributed by atoms with Gasteiger partial charge in [0.1, 0.15) is 0 Å². The first kappa shape index (κ1) is 21.9. The smallest absolute Gasteiger partial charge is 0.307 e. The molecule has 0 spiro atoms. The van der Waals surface area contributed by atoms with E-state index in [1.165, 1.54) is 18.4 Å². The number of aromatic nitrogens is 1. The molecule has 0 radical (unpaired) electrons. The number of nitrogens with zero attached hydrogens (tertiary/aromatic N) is 3. The van der Waals surface area contributed by atoms with E-state index < -0.39 is 0 Å². The molecule has 2 aromatic rings. The van der Waals surface area contributed by atoms with Crippen molar-refractivity contribution in [3.8, 4) is 0 Å². The minimum absolute atomic E-state index is 0.0273. The standard InChI is InChI=1S/C21H25N3O5S/c1-28-21(27)6-9-23-12-17(29-15-16-4-7-22-8-5-16)13-24(14-20(23)26)19(25)11-18-3-2-10-30-18/h2-5,7-8,10,17H,6,9,11-15H2,1H3/t17-/m0/s1. The van der Waals surface area contributed by atoms with Crippen molar-refractivity contribution in [1.82, 2.24) is 14.8 Å². The number of carbonyl (C=O) groups excluding carboxylic acids is 3. The highest BCUT2D eigenvalue weighted by molar-refractivity contribution is 7.10. The largest absolute Gasteiger partial charge is 0.469 e. The van der Waals surface area contributed by atoms with E-state index in [2.05, 4.69) is 9.72 Å². The summed E-state index contributed by atoms with van der Waals surface area (Å²) in [7, 11) is 1.32. The highest BCUT2D eigenvalue weighted by Crippen LogP contribution is 2.15. The topological polar surface area (TPSA) is 89.0 Å². The van der Waals surface area contributed by atoms with Crippen LogP contribution in [0.1, 0.15) is 16.9 Å². The highest BCUT2D eigenvalue weighted by atomic mass is 32.1. The van der Waals surface area contributed by atoms with Gasteiger partial charge in [-0.1, -0.05) is 6.07 Å². The number of ether oxygens (including phenoxy) is 2. The molecule has 2 amide bonds. The van der Waals surface area contributed by atoms with Gasteiger partial charge in [0.2, 0.25) is 11.8 Å². The molecule has 0 aliphatic carbocycles. The molecular weight excluding hydrogens is 406 g/mol. The number of hydrogen-bond acceptors (Lipinski definition) is 7. The van der Waals surface area contributed by atoms with Gasteiger partial charge in [-0.25, -0.2) is 0 Å². The van der Waals surface area contributed by atoms with Gasteiger partial charge in [0, 0.05) is 36.9 Å². The third kappa shape index (κ3) is 6.36. The molecule has 1 atom stereocenters. The van der Waals surface area contributed by atoms with Crippen LogP contribution in [0.4, 0.5) is 0 Å². The molecule has 8 nitrogen and oxygen atoms in total. The molecule has 1 fully saturated rings. The Balaban J connectivity index is 1.69. The summed E-state index contributed by atoms with van der Waals surface area (Å²) in [5.74, 6) is -0.696. The molecule has 3 heterocycles. The van der Waals surface area contributed by atoms with Crippen molar-refractivity contribution in [2.45, 2.75) is 25.6 Å². The zero-order valence-electron chi connectivity index (χ0n) is 16.9. The average molecular weight is 432 g/mol. The number of hydrogen-bond donors (Lipinski definition) is 0. The van der Waals surface area contributed by atoms with Gasteiger partial charge in [-0.2, -0.15) is 0 Å². The van der Waals surface area contributed by atoms with E-state index in [0.29, 0.717) is 19.7 Å². The monoisotopic (exact) mass is 431 g/mol. The van der Waals surface area contributed by atoms with Crippen LogP contribution in [-0.4, -0.2) is 72.0 Å². The number of esters is 1. The van der Waals surface area contributed by atoms with Crippen LogP contribution in [0, 0.1) is 0 Å². The lowest BCUT2D eigenvalue weighted by molar-refractivity contribution is -0.142. The van der Waals surface area contributed by atoms with Crippen LogP contribution in [0.25, 0.3) is 0 Å². The molecule has 1 saturated heterocycles. The fourth-order valence-electron chi connectivity index (χ4n) is 3.19. The third-order valence-electron chi connectivity index (χ3n) is 4.83. The third-order valence-corrected chi connectivity index (χ3v) is 5.71. The molecule has 0 bridgehead atoms. The zero-order chi connectivity index (χ0) is 21.3. The molecule has 0 N–H and O–H groups in total. The number of carbonyl (C=O) groups is 3. The SMILES string of the molecule is COC(=O)CCN1C[C@H](OCc2ccncc2)CN(C(=O)Cc2cccs2)CC1=O. The molecule has 0 aromatic carbocycles. The van der Waals surface area contributed by atoms with Crippen molar-refractivity contribution in [1.29, 1.82) is 0 Å². The first-order chi connectivity index (χ1) is 14.5. The van der Waals surface area contributed by atoms with Crippen LogP contribution in [0.2, 0.25) is 0 Å². The lowest BCUT2D eigenvalue weighted by Gasteiger charge is -2.24. The first-order valence-corrected chi connectivity index (χ1v) is 10.6. The van der Waals surface area contributed by atoms with Crippen LogP contribution in [0.3, 0.4) is 0 Å². The zero-order valence-corrected chi connectivity index (χ0v) is 17.7. The summed E-state index contributed by atoms with van der Waals surface area (Å²) in [5, 5.41) is 1.92. The van der Waals surface area contributed by atoms with E-state index in [-0.39, 0.29) is 49.8 Å². The molecule has 2 aromatic heterocycles. The molecular formula is C21H25N3O5S. The van der Waals surface area contributed by atoms with Gasteiger partial charge < -0.3 is 19.3 Å². The lowest BCUT2D eigenvalue weighted by Crippen LogP contribution is -2.40. The van der Waals surface area contributed by atoms with Gasteiger partial charge in [-0.3, -0.25) is 19.4 Å². The summed E-state index contributed by atoms with van der Waals surface area (Å²) >= 11 is 1.51. The van der Waals surface area contributed by atoms with Crippen LogP contribution < -0.4 is 0 Å². The lowest BCUT2D eigenvalue weighted by atomic mass is 10.2. The van der Waals surface area contributed by atoms with Crippen LogP contribution >= 0.6 is 11.3 Å². The van der Waals surface area contributed by atoms with Gasteiger partial charge in [0.25, 0.3) is 0 Å². The Kier molecular flexibility index (Phi) is 7.92. The van der Waals surface area contributed by atoms with Gasteiger partial charge in [-0.15, -0.1) is 11.3 Å². The van der Waals surface area contributed by atoms with E-state index in [1.54, 1.807) is 22.2 Å². The Morgan fingerprint density at radius 1 is 1.23 bits per heavy atom. The Hall–Kier alpha value is -2.78. The molecule has 1 aliphatic heterocycles. The van der Waals surface area contributed by atoms with Gasteiger partial charge in [0.05, 0.1) is 39.2 Å². The average Bonchev–Trinajstić information content (AvgIpc) is 3.21. The van der Waals surface area contributed by atoms with Gasteiger partial charge >= 0.3 is 5.97 Å². The molecule has 0 saturated carbocycles. The van der Waals surface area contributed by atoms with Gasteiger partial charge in [0.15, 0.2) is 0 Å². The van der Waals surface area contributed by atoms with Crippen LogP contribution in [-0.2, 0) is 36.9 Å². The maximum absolute atomic E-state index is 12.8. The number of amides is 2. The molecule has 1 aliphatic rings. The maximum Gasteiger partial charge on any atom is 0.307 e. The normalized spacial score (nSPS) is 17.0. The van der Waals surface area contributed by atoms with Crippen molar-refractivity contribution in [2.75, 3.05) is 33.3 Å². The van der Waals surface area contributed by atoms with Crippen molar-refractivity contribution in [2.24, 2.45) is 0 Å². The first-order valence-electron chi connectivity index (χ1n) is 9.70. The summed E-state index contributed by atoms with van der Waals surface area (Å²) < 4.78 is 10.7. The van der Waals surface area contributed by atoms with Crippen molar-refractivity contribution in [3.63, 3.8) is 0 Å². The summed E-state index contributed by atoms with van der Waals surface area (Å²) in [4.78, 5) is 45.2. The molecule has 160 valence electrons. The summed E-state index contributed by atoms with van der Waals surface area (Å²) in [6, 6.07) is 7.52. The highest BCUT2D eigenvalue weighted by Gasteiger charge is 2.31. The molecule has 9 heteroatoms. The number of rotatable bonds is 8. The van der Waals surface area contributed by atoms with E-state index in [9.17, 15) is 14.4 Å². The van der Waals surface area contributed by atoms with E-state index in [1.807, 2.05) is 29.6 Å². The maximum atomic E-state index is 12.8. The predicted octanol–water partition coefficient (Wildman–Crippen LogP) is 1.50. The van der Waals surface area contributed by atoms with E-state index in [0.717, 1.165) is 10.4 Å². The number of thiophene rings is 1. The summed E-state index contributed by atoms with van der Waals surface area (Å²) in [5.41, 5.74) is 0.957. The Morgan fingerprint density at radius 3 is 2.73 bits per heavy atom. The summed E-state index contributed by atoms with van der Waals surface area (Å²) in [6.07, 6.45) is 3.37. The fourth-order valence-corrected chi connectivity index (χ4v) is 3.88. The quantitative estimate of drug-likeness (QED) is 0.589. The second-order valence-electron chi connectivity index (χ2n) is 6.98. The summed E-state index contributed by atoms with van der Waals surface area (Å²) in [6.45, 7) is 1.17. The minimum atomic E-state index is -0.382. The van der Waals surface area contributed by atoms with E-state index in [4.69, 9.17) is 4.74 Å². The van der Waals surface area contributed by atoms with Crippen molar-refractivity contribution >= 4 is 29.1 Å². The Labute approximate surface area is 179 Å². The van der Waals surface area contributed by atoms with Gasteiger partial charge in [-0.05, 0) is 29.1 Å². The number of methoxy groups -OCH3 is 1. The molecule has 0 unspecified atom stereocenters.